The largest absolute Gasteiger partial charge is 0.423 e. The van der Waals surface area contributed by atoms with Crippen LogP contribution in [0.1, 0.15) is 28.8 Å². The minimum absolute atomic E-state index is 0.180. The second-order valence-corrected chi connectivity index (χ2v) is 8.19. The molecule has 0 saturated carbocycles. The molecule has 0 aliphatic carbocycles. The average Bonchev–Trinajstić information content (AvgIpc) is 2.69. The van der Waals surface area contributed by atoms with Gasteiger partial charge in [0.05, 0.1) is 5.56 Å². The molecule has 0 atom stereocenters. The Bertz CT molecular complexity index is 1140. The number of Topliss-reactive ketones (excluding diaryl/α,β-unsaturated/α-hetero) is 1. The molecule has 0 amide bonds. The van der Waals surface area contributed by atoms with Crippen LogP contribution in [0.5, 0.6) is 0 Å². The Morgan fingerprint density at radius 1 is 1.10 bits per heavy atom. The highest BCUT2D eigenvalue weighted by Gasteiger charge is 2.28. The first-order chi connectivity index (χ1) is 13.9. The fraction of sp³-hybridized carbons (Fsp3) is 0.273. The average molecular weight is 462 g/mol. The molecule has 1 aliphatic rings. The number of halogens is 3. The number of hydrogen-bond acceptors (Lipinski definition) is 4. The van der Waals surface area contributed by atoms with Crippen molar-refractivity contribution in [1.29, 1.82) is 0 Å². The molecule has 0 spiro atoms. The Balaban J connectivity index is 1.47. The summed E-state index contributed by atoms with van der Waals surface area (Å²) in [7, 11) is 0. The normalized spacial score (nSPS) is 15.7. The van der Waals surface area contributed by atoms with Gasteiger partial charge in [0.1, 0.15) is 17.2 Å². The van der Waals surface area contributed by atoms with Crippen LogP contribution in [0.2, 0.25) is 0 Å². The molecule has 1 fully saturated rings. The lowest BCUT2D eigenvalue weighted by Gasteiger charge is -2.31. The standard InChI is InChI=1S/C22H18BrF2NO3/c23-15-1-3-17-14(9-21(27)29-20(17)10-15)12-26-7-5-13(6-8-26)22(28)18-11-16(24)2-4-19(18)25/h1-4,9-11,13H,5-8,12H2. The number of piperidine rings is 1. The predicted molar refractivity (Wildman–Crippen MR) is 109 cm³/mol. The highest BCUT2D eigenvalue weighted by molar-refractivity contribution is 9.10. The number of nitrogens with zero attached hydrogens (tertiary/aromatic N) is 1. The van der Waals surface area contributed by atoms with Crippen molar-refractivity contribution < 1.29 is 18.0 Å². The quantitative estimate of drug-likeness (QED) is 0.408. The Morgan fingerprint density at radius 2 is 1.86 bits per heavy atom. The lowest BCUT2D eigenvalue weighted by Crippen LogP contribution is -2.36. The van der Waals surface area contributed by atoms with Gasteiger partial charge in [-0.3, -0.25) is 9.69 Å². The summed E-state index contributed by atoms with van der Waals surface area (Å²) in [6.07, 6.45) is 1.11. The highest BCUT2D eigenvalue weighted by Crippen LogP contribution is 2.27. The fourth-order valence-corrected chi connectivity index (χ4v) is 4.18. The van der Waals surface area contributed by atoms with Gasteiger partial charge in [0, 0.05) is 28.4 Å². The molecule has 0 bridgehead atoms. The molecule has 1 saturated heterocycles. The summed E-state index contributed by atoms with van der Waals surface area (Å²) in [6.45, 7) is 1.82. The third-order valence-corrected chi connectivity index (χ3v) is 5.83. The molecule has 0 N–H and O–H groups in total. The summed E-state index contributed by atoms with van der Waals surface area (Å²) in [5, 5.41) is 0.868. The molecule has 0 unspecified atom stereocenters. The van der Waals surface area contributed by atoms with E-state index in [2.05, 4.69) is 20.8 Å². The van der Waals surface area contributed by atoms with Crippen LogP contribution in [0.4, 0.5) is 8.78 Å². The SMILES string of the molecule is O=C(c1cc(F)ccc1F)C1CCN(Cc2cc(=O)oc3cc(Br)ccc23)CC1. The van der Waals surface area contributed by atoms with Crippen molar-refractivity contribution in [1.82, 2.24) is 4.90 Å². The van der Waals surface area contributed by atoms with E-state index in [1.54, 1.807) is 6.07 Å². The molecule has 2 heterocycles. The van der Waals surface area contributed by atoms with E-state index >= 15 is 0 Å². The Kier molecular flexibility index (Phi) is 5.61. The van der Waals surface area contributed by atoms with E-state index in [1.807, 2.05) is 12.1 Å². The molecule has 2 aromatic carbocycles. The van der Waals surface area contributed by atoms with E-state index in [-0.39, 0.29) is 17.3 Å². The topological polar surface area (TPSA) is 50.5 Å². The third-order valence-electron chi connectivity index (χ3n) is 5.34. The van der Waals surface area contributed by atoms with Crippen LogP contribution in [0.15, 0.2) is 56.1 Å². The first-order valence-electron chi connectivity index (χ1n) is 9.34. The Labute approximate surface area is 174 Å². The van der Waals surface area contributed by atoms with Gasteiger partial charge in [0.2, 0.25) is 0 Å². The molecule has 29 heavy (non-hydrogen) atoms. The molecule has 1 aliphatic heterocycles. The van der Waals surface area contributed by atoms with Crippen LogP contribution in [-0.2, 0) is 6.54 Å². The van der Waals surface area contributed by atoms with Crippen molar-refractivity contribution >= 4 is 32.7 Å². The number of rotatable bonds is 4. The number of hydrogen-bond donors (Lipinski definition) is 0. The zero-order chi connectivity index (χ0) is 20.5. The second kappa shape index (κ2) is 8.16. The number of ketones is 1. The van der Waals surface area contributed by atoms with Gasteiger partial charge in [-0.2, -0.15) is 0 Å². The molecular weight excluding hydrogens is 444 g/mol. The van der Waals surface area contributed by atoms with E-state index in [0.717, 1.165) is 33.6 Å². The minimum Gasteiger partial charge on any atom is -0.423 e. The van der Waals surface area contributed by atoms with Gasteiger partial charge >= 0.3 is 5.63 Å². The zero-order valence-electron chi connectivity index (χ0n) is 15.5. The van der Waals surface area contributed by atoms with Crippen molar-refractivity contribution in [2.75, 3.05) is 13.1 Å². The van der Waals surface area contributed by atoms with Crippen LogP contribution in [0, 0.1) is 17.6 Å². The van der Waals surface area contributed by atoms with Crippen molar-refractivity contribution in [3.8, 4) is 0 Å². The lowest BCUT2D eigenvalue weighted by molar-refractivity contribution is 0.0830. The van der Waals surface area contributed by atoms with Gasteiger partial charge in [-0.05, 0) is 67.9 Å². The monoisotopic (exact) mass is 461 g/mol. The number of carbonyl (C=O) groups excluding carboxylic acids is 1. The maximum atomic E-state index is 13.9. The Hall–Kier alpha value is -2.38. The lowest BCUT2D eigenvalue weighted by atomic mass is 9.88. The summed E-state index contributed by atoms with van der Waals surface area (Å²) < 4.78 is 33.4. The van der Waals surface area contributed by atoms with Gasteiger partial charge in [0.15, 0.2) is 5.78 Å². The van der Waals surface area contributed by atoms with Gasteiger partial charge in [-0.15, -0.1) is 0 Å². The second-order valence-electron chi connectivity index (χ2n) is 7.27. The van der Waals surface area contributed by atoms with E-state index in [1.165, 1.54) is 6.07 Å². The minimum atomic E-state index is -0.688. The van der Waals surface area contributed by atoms with E-state index in [0.29, 0.717) is 38.1 Å². The van der Waals surface area contributed by atoms with Crippen molar-refractivity contribution in [2.24, 2.45) is 5.92 Å². The highest BCUT2D eigenvalue weighted by atomic mass is 79.9. The van der Waals surface area contributed by atoms with E-state index in [9.17, 15) is 18.4 Å². The van der Waals surface area contributed by atoms with Crippen LogP contribution < -0.4 is 5.63 Å². The maximum absolute atomic E-state index is 13.9. The summed E-state index contributed by atoms with van der Waals surface area (Å²) >= 11 is 3.37. The van der Waals surface area contributed by atoms with Crippen molar-refractivity contribution in [3.05, 3.63) is 80.1 Å². The van der Waals surface area contributed by atoms with Crippen molar-refractivity contribution in [3.63, 3.8) is 0 Å². The molecular formula is C22H18BrF2NO3. The number of benzene rings is 2. The molecule has 4 nitrogen and oxygen atoms in total. The van der Waals surface area contributed by atoms with Gasteiger partial charge in [-0.1, -0.05) is 15.9 Å². The summed E-state index contributed by atoms with van der Waals surface area (Å²) in [6, 6.07) is 10.0. The van der Waals surface area contributed by atoms with Crippen LogP contribution in [0.25, 0.3) is 11.0 Å². The molecule has 150 valence electrons. The summed E-state index contributed by atoms with van der Waals surface area (Å²) in [5.74, 6) is -1.99. The van der Waals surface area contributed by atoms with E-state index < -0.39 is 17.3 Å². The first-order valence-corrected chi connectivity index (χ1v) is 10.1. The molecule has 7 heteroatoms. The molecule has 3 aromatic rings. The smallest absolute Gasteiger partial charge is 0.336 e. The van der Waals surface area contributed by atoms with Gasteiger partial charge < -0.3 is 4.42 Å². The maximum Gasteiger partial charge on any atom is 0.336 e. The van der Waals surface area contributed by atoms with Crippen molar-refractivity contribution in [2.45, 2.75) is 19.4 Å². The van der Waals surface area contributed by atoms with Gasteiger partial charge in [0.25, 0.3) is 0 Å². The zero-order valence-corrected chi connectivity index (χ0v) is 17.0. The summed E-state index contributed by atoms with van der Waals surface area (Å²) in [5.41, 5.74) is 0.802. The Morgan fingerprint density at radius 3 is 2.62 bits per heavy atom. The summed E-state index contributed by atoms with van der Waals surface area (Å²) in [4.78, 5) is 26.7. The predicted octanol–water partition coefficient (Wildman–Crippen LogP) is 4.93. The van der Waals surface area contributed by atoms with Crippen LogP contribution in [-0.4, -0.2) is 23.8 Å². The van der Waals surface area contributed by atoms with Gasteiger partial charge in [-0.25, -0.2) is 13.6 Å². The van der Waals surface area contributed by atoms with E-state index in [4.69, 9.17) is 4.42 Å². The molecule has 1 aromatic heterocycles. The van der Waals surface area contributed by atoms with Crippen LogP contribution >= 0.6 is 15.9 Å². The third kappa shape index (κ3) is 4.31. The number of carbonyl (C=O) groups is 1. The number of likely N-dealkylation sites (tertiary alicyclic amines) is 1. The molecule has 4 rings (SSSR count). The fourth-order valence-electron chi connectivity index (χ4n) is 3.83. The molecule has 0 radical (unpaired) electrons. The number of fused-ring (bicyclic) bond motifs is 1. The van der Waals surface area contributed by atoms with Crippen LogP contribution in [0.3, 0.4) is 0 Å². The first kappa shape index (κ1) is 19.9.